The molecule has 0 bridgehead atoms. The summed E-state index contributed by atoms with van der Waals surface area (Å²) in [5.41, 5.74) is 1.18. The zero-order valence-electron chi connectivity index (χ0n) is 7.40. The summed E-state index contributed by atoms with van der Waals surface area (Å²) in [4.78, 5) is 1.25. The van der Waals surface area contributed by atoms with Crippen molar-refractivity contribution >= 4 is 11.3 Å². The van der Waals surface area contributed by atoms with E-state index in [1.54, 1.807) is 11.3 Å². The summed E-state index contributed by atoms with van der Waals surface area (Å²) in [6, 6.07) is 10.2. The normalized spacial score (nSPS) is 13.1. The molecule has 0 saturated carbocycles. The Balaban J connectivity index is 2.09. The molecule has 0 fully saturated rings. The van der Waals surface area contributed by atoms with Gasteiger partial charge >= 0.3 is 0 Å². The topological polar surface area (TPSA) is 18.5 Å². The Labute approximate surface area is 85.7 Å². The van der Waals surface area contributed by atoms with Gasteiger partial charge in [0.05, 0.1) is 0 Å². The molecule has 70 valence electrons. The highest BCUT2D eigenvalue weighted by Crippen LogP contribution is 2.36. The second-order valence-corrected chi connectivity index (χ2v) is 3.99. The Morgan fingerprint density at radius 2 is 2.00 bits per heavy atom. The van der Waals surface area contributed by atoms with Gasteiger partial charge in [-0.05, 0) is 35.2 Å². The van der Waals surface area contributed by atoms with Crippen LogP contribution < -0.4 is 9.47 Å². The van der Waals surface area contributed by atoms with Crippen molar-refractivity contribution in [2.45, 2.75) is 0 Å². The Kier molecular flexibility index (Phi) is 1.70. The summed E-state index contributed by atoms with van der Waals surface area (Å²) in [7, 11) is 0. The number of fused-ring (bicyclic) bond motifs is 1. The van der Waals surface area contributed by atoms with Crippen molar-refractivity contribution in [3.63, 3.8) is 0 Å². The minimum Gasteiger partial charge on any atom is -0.454 e. The van der Waals surface area contributed by atoms with Crippen LogP contribution in [0.5, 0.6) is 11.5 Å². The van der Waals surface area contributed by atoms with Crippen molar-refractivity contribution in [3.05, 3.63) is 35.7 Å². The predicted molar refractivity (Wildman–Crippen MR) is 55.9 cm³/mol. The molecule has 1 aromatic carbocycles. The molecule has 0 spiro atoms. The molecule has 0 amide bonds. The quantitative estimate of drug-likeness (QED) is 0.710. The number of hydrogen-bond donors (Lipinski definition) is 0. The van der Waals surface area contributed by atoms with Gasteiger partial charge in [0.1, 0.15) is 0 Å². The third-order valence-electron chi connectivity index (χ3n) is 2.18. The lowest BCUT2D eigenvalue weighted by molar-refractivity contribution is 0.174. The van der Waals surface area contributed by atoms with Gasteiger partial charge in [-0.25, -0.2) is 0 Å². The van der Waals surface area contributed by atoms with E-state index >= 15 is 0 Å². The summed E-state index contributed by atoms with van der Waals surface area (Å²) in [5, 5.41) is 2.07. The largest absolute Gasteiger partial charge is 0.454 e. The maximum absolute atomic E-state index is 5.32. The first kappa shape index (κ1) is 7.88. The second kappa shape index (κ2) is 3.03. The average molecular weight is 204 g/mol. The number of ether oxygens (including phenoxy) is 2. The Bertz CT molecular complexity index is 448. The Morgan fingerprint density at radius 3 is 2.86 bits per heavy atom. The van der Waals surface area contributed by atoms with Gasteiger partial charge in [0, 0.05) is 4.88 Å². The van der Waals surface area contributed by atoms with Crippen molar-refractivity contribution in [3.8, 4) is 21.9 Å². The van der Waals surface area contributed by atoms with E-state index in [0.717, 1.165) is 11.5 Å². The third kappa shape index (κ3) is 1.17. The van der Waals surface area contributed by atoms with Gasteiger partial charge in [-0.1, -0.05) is 6.07 Å². The third-order valence-corrected chi connectivity index (χ3v) is 3.10. The molecular formula is C11H8O2S. The van der Waals surface area contributed by atoms with Crippen molar-refractivity contribution in [2.24, 2.45) is 0 Å². The minimum atomic E-state index is 0.337. The summed E-state index contributed by atoms with van der Waals surface area (Å²) in [5.74, 6) is 1.68. The lowest BCUT2D eigenvalue weighted by atomic mass is 10.2. The van der Waals surface area contributed by atoms with Gasteiger partial charge < -0.3 is 9.47 Å². The van der Waals surface area contributed by atoms with E-state index in [2.05, 4.69) is 17.5 Å². The molecule has 2 heterocycles. The molecule has 0 saturated heterocycles. The van der Waals surface area contributed by atoms with Crippen molar-refractivity contribution in [2.75, 3.05) is 6.79 Å². The first-order valence-electron chi connectivity index (χ1n) is 4.37. The van der Waals surface area contributed by atoms with Gasteiger partial charge in [-0.2, -0.15) is 0 Å². The van der Waals surface area contributed by atoms with Crippen molar-refractivity contribution in [1.29, 1.82) is 0 Å². The predicted octanol–water partition coefficient (Wildman–Crippen LogP) is 3.14. The molecule has 1 aliphatic rings. The molecule has 0 unspecified atom stereocenters. The monoisotopic (exact) mass is 204 g/mol. The maximum Gasteiger partial charge on any atom is 0.231 e. The van der Waals surface area contributed by atoms with Crippen LogP contribution in [0, 0.1) is 0 Å². The SMILES string of the molecule is c1csc(-c2ccc3c(c2)OCO3)c1. The molecule has 2 aromatic rings. The molecule has 2 nitrogen and oxygen atoms in total. The van der Waals surface area contributed by atoms with E-state index in [0.29, 0.717) is 6.79 Å². The molecule has 1 aliphatic heterocycles. The average Bonchev–Trinajstić information content (AvgIpc) is 2.88. The zero-order valence-corrected chi connectivity index (χ0v) is 8.21. The number of thiophene rings is 1. The molecule has 3 heteroatoms. The van der Waals surface area contributed by atoms with E-state index in [1.807, 2.05) is 18.2 Å². The number of rotatable bonds is 1. The number of benzene rings is 1. The van der Waals surface area contributed by atoms with Crippen LogP contribution in [0.2, 0.25) is 0 Å². The Morgan fingerprint density at radius 1 is 1.07 bits per heavy atom. The zero-order chi connectivity index (χ0) is 9.38. The van der Waals surface area contributed by atoms with Crippen LogP contribution in [0.15, 0.2) is 35.7 Å². The fourth-order valence-corrected chi connectivity index (χ4v) is 2.22. The van der Waals surface area contributed by atoms with E-state index in [9.17, 15) is 0 Å². The highest BCUT2D eigenvalue weighted by molar-refractivity contribution is 7.13. The molecule has 0 radical (unpaired) electrons. The van der Waals surface area contributed by atoms with Gasteiger partial charge in [0.25, 0.3) is 0 Å². The van der Waals surface area contributed by atoms with Crippen molar-refractivity contribution in [1.82, 2.24) is 0 Å². The van der Waals surface area contributed by atoms with Crippen molar-refractivity contribution < 1.29 is 9.47 Å². The summed E-state index contributed by atoms with van der Waals surface area (Å²) < 4.78 is 10.6. The fraction of sp³-hybridized carbons (Fsp3) is 0.0909. The van der Waals surface area contributed by atoms with Gasteiger partial charge in [-0.15, -0.1) is 11.3 Å². The second-order valence-electron chi connectivity index (χ2n) is 3.05. The molecule has 0 aliphatic carbocycles. The standard InChI is InChI=1S/C11H8O2S/c1-2-11(14-5-1)8-3-4-9-10(6-8)13-7-12-9/h1-6H,7H2. The van der Waals surface area contributed by atoms with Gasteiger partial charge in [0.2, 0.25) is 6.79 Å². The van der Waals surface area contributed by atoms with E-state index in [-0.39, 0.29) is 0 Å². The van der Waals surface area contributed by atoms with Crippen LogP contribution in [-0.2, 0) is 0 Å². The lowest BCUT2D eigenvalue weighted by Crippen LogP contribution is -1.92. The van der Waals surface area contributed by atoms with Crippen LogP contribution >= 0.6 is 11.3 Å². The van der Waals surface area contributed by atoms with E-state index in [4.69, 9.17) is 9.47 Å². The van der Waals surface area contributed by atoms with Crippen LogP contribution in [0.25, 0.3) is 10.4 Å². The molecule has 0 atom stereocenters. The van der Waals surface area contributed by atoms with Crippen LogP contribution in [0.4, 0.5) is 0 Å². The highest BCUT2D eigenvalue weighted by Gasteiger charge is 2.13. The summed E-state index contributed by atoms with van der Waals surface area (Å²) in [6.07, 6.45) is 0. The van der Waals surface area contributed by atoms with E-state index in [1.165, 1.54) is 10.4 Å². The lowest BCUT2D eigenvalue weighted by Gasteiger charge is -1.99. The van der Waals surface area contributed by atoms with Crippen LogP contribution in [0.3, 0.4) is 0 Å². The first-order chi connectivity index (χ1) is 6.93. The summed E-state index contributed by atoms with van der Waals surface area (Å²) >= 11 is 1.73. The molecule has 0 N–H and O–H groups in total. The molecule has 3 rings (SSSR count). The minimum absolute atomic E-state index is 0.337. The van der Waals surface area contributed by atoms with Gasteiger partial charge in [-0.3, -0.25) is 0 Å². The molecule has 1 aromatic heterocycles. The molecule has 14 heavy (non-hydrogen) atoms. The summed E-state index contributed by atoms with van der Waals surface area (Å²) in [6.45, 7) is 0.337. The first-order valence-corrected chi connectivity index (χ1v) is 5.25. The van der Waals surface area contributed by atoms with Crippen LogP contribution in [-0.4, -0.2) is 6.79 Å². The fourth-order valence-electron chi connectivity index (χ4n) is 1.49. The van der Waals surface area contributed by atoms with E-state index < -0.39 is 0 Å². The maximum atomic E-state index is 5.32. The Hall–Kier alpha value is -1.48. The van der Waals surface area contributed by atoms with Crippen LogP contribution in [0.1, 0.15) is 0 Å². The highest BCUT2D eigenvalue weighted by atomic mass is 32.1. The van der Waals surface area contributed by atoms with Gasteiger partial charge in [0.15, 0.2) is 11.5 Å². The molecular weight excluding hydrogens is 196 g/mol. The number of hydrogen-bond acceptors (Lipinski definition) is 3. The smallest absolute Gasteiger partial charge is 0.231 e.